The van der Waals surface area contributed by atoms with E-state index in [1.807, 2.05) is 12.1 Å². The quantitative estimate of drug-likeness (QED) is 0.284. The van der Waals surface area contributed by atoms with E-state index < -0.39 is 23.3 Å². The van der Waals surface area contributed by atoms with Crippen LogP contribution in [0.5, 0.6) is 0 Å². The van der Waals surface area contributed by atoms with Crippen LogP contribution in [0, 0.1) is 23.5 Å². The second-order valence-electron chi connectivity index (χ2n) is 11.3. The molecule has 204 valence electrons. The highest BCUT2D eigenvalue weighted by Gasteiger charge is 2.38. The molecule has 2 aromatic rings. The van der Waals surface area contributed by atoms with Gasteiger partial charge in [-0.05, 0) is 104 Å². The maximum atomic E-state index is 14.8. The van der Waals surface area contributed by atoms with E-state index in [0.717, 1.165) is 49.7 Å². The summed E-state index contributed by atoms with van der Waals surface area (Å²) in [6.45, 7) is 4.10. The Morgan fingerprint density at radius 1 is 0.757 bits per heavy atom. The van der Waals surface area contributed by atoms with E-state index in [9.17, 15) is 17.6 Å². The maximum Gasteiger partial charge on any atom is 0.386 e. The molecule has 0 aliphatic heterocycles. The van der Waals surface area contributed by atoms with Crippen molar-refractivity contribution in [1.29, 1.82) is 0 Å². The average Bonchev–Trinajstić information content (AvgIpc) is 2.91. The molecule has 0 radical (unpaired) electrons. The van der Waals surface area contributed by atoms with Crippen LogP contribution in [-0.2, 0) is 17.3 Å². The molecule has 2 fully saturated rings. The molecule has 0 unspecified atom stereocenters. The van der Waals surface area contributed by atoms with Gasteiger partial charge < -0.3 is 4.74 Å². The maximum absolute atomic E-state index is 14.8. The summed E-state index contributed by atoms with van der Waals surface area (Å²) in [5.41, 5.74) is 1.39. The van der Waals surface area contributed by atoms with Crippen LogP contribution in [0.2, 0.25) is 0 Å². The summed E-state index contributed by atoms with van der Waals surface area (Å²) in [5.74, 6) is -0.712. The zero-order chi connectivity index (χ0) is 26.4. The zero-order valence-electron chi connectivity index (χ0n) is 22.4. The monoisotopic (exact) mass is 518 g/mol. The molecule has 0 heterocycles. The molecule has 2 aromatic carbocycles. The van der Waals surface area contributed by atoms with Crippen LogP contribution in [0.1, 0.15) is 119 Å². The highest BCUT2D eigenvalue weighted by Crippen LogP contribution is 2.41. The molecule has 37 heavy (non-hydrogen) atoms. The van der Waals surface area contributed by atoms with E-state index in [1.54, 1.807) is 0 Å². The van der Waals surface area contributed by atoms with E-state index in [4.69, 9.17) is 4.74 Å². The van der Waals surface area contributed by atoms with Crippen molar-refractivity contribution in [3.63, 3.8) is 0 Å². The molecule has 2 aliphatic rings. The fourth-order valence-corrected chi connectivity index (χ4v) is 6.51. The summed E-state index contributed by atoms with van der Waals surface area (Å²) in [7, 11) is 0. The van der Waals surface area contributed by atoms with Gasteiger partial charge >= 0.3 is 6.11 Å². The molecule has 0 atom stereocenters. The van der Waals surface area contributed by atoms with Gasteiger partial charge in [0.25, 0.3) is 0 Å². The molecule has 1 nitrogen and oxygen atoms in total. The minimum Gasteiger partial charge on any atom is -0.316 e. The number of benzene rings is 2. The Morgan fingerprint density at radius 2 is 1.38 bits per heavy atom. The highest BCUT2D eigenvalue weighted by molar-refractivity contribution is 5.31. The van der Waals surface area contributed by atoms with Gasteiger partial charge in [0.1, 0.15) is 0 Å². The van der Waals surface area contributed by atoms with Crippen LogP contribution in [0.25, 0.3) is 0 Å². The van der Waals surface area contributed by atoms with Gasteiger partial charge in [-0.3, -0.25) is 0 Å². The third kappa shape index (κ3) is 6.96. The van der Waals surface area contributed by atoms with Crippen LogP contribution < -0.4 is 0 Å². The van der Waals surface area contributed by atoms with Crippen molar-refractivity contribution in [2.24, 2.45) is 11.8 Å². The molecule has 0 bridgehead atoms. The lowest BCUT2D eigenvalue weighted by Crippen LogP contribution is -2.23. The lowest BCUT2D eigenvalue weighted by molar-refractivity contribution is -0.249. The number of alkyl halides is 2. The third-order valence-electron chi connectivity index (χ3n) is 8.96. The Morgan fingerprint density at radius 3 is 2.00 bits per heavy atom. The summed E-state index contributed by atoms with van der Waals surface area (Å²) < 4.78 is 63.9. The summed E-state index contributed by atoms with van der Waals surface area (Å²) in [5, 5.41) is 0. The van der Waals surface area contributed by atoms with E-state index >= 15 is 0 Å². The normalized spacial score (nSPS) is 24.8. The van der Waals surface area contributed by atoms with Gasteiger partial charge in [0.2, 0.25) is 0 Å². The predicted octanol–water partition coefficient (Wildman–Crippen LogP) is 10.0. The SMILES string of the molecule is CCCC1CCC(c2ccc(CCOC(F)(F)c3ccc(C4CCC(CC)CC4)c(F)c3F)cc2)CC1. The molecule has 5 heteroatoms. The van der Waals surface area contributed by atoms with Gasteiger partial charge in [0, 0.05) is 0 Å². The largest absolute Gasteiger partial charge is 0.386 e. The van der Waals surface area contributed by atoms with Gasteiger partial charge in [-0.25, -0.2) is 8.78 Å². The molecule has 2 saturated carbocycles. The van der Waals surface area contributed by atoms with Crippen LogP contribution in [0.15, 0.2) is 36.4 Å². The highest BCUT2D eigenvalue weighted by atomic mass is 19.3. The lowest BCUT2D eigenvalue weighted by atomic mass is 9.77. The summed E-state index contributed by atoms with van der Waals surface area (Å²) >= 11 is 0. The number of rotatable bonds is 10. The molecular weight excluding hydrogens is 476 g/mol. The zero-order valence-corrected chi connectivity index (χ0v) is 22.4. The van der Waals surface area contributed by atoms with Crippen molar-refractivity contribution in [1.82, 2.24) is 0 Å². The van der Waals surface area contributed by atoms with Crippen molar-refractivity contribution >= 4 is 0 Å². The van der Waals surface area contributed by atoms with E-state index in [2.05, 4.69) is 26.0 Å². The number of ether oxygens (including phenoxy) is 1. The molecule has 0 aromatic heterocycles. The third-order valence-corrected chi connectivity index (χ3v) is 8.96. The first-order valence-corrected chi connectivity index (χ1v) is 14.4. The van der Waals surface area contributed by atoms with Gasteiger partial charge in [0.05, 0.1) is 12.2 Å². The fraction of sp³-hybridized carbons (Fsp3) is 0.625. The van der Waals surface area contributed by atoms with E-state index in [1.165, 1.54) is 50.2 Å². The van der Waals surface area contributed by atoms with Crippen molar-refractivity contribution in [2.45, 2.75) is 109 Å². The van der Waals surface area contributed by atoms with Gasteiger partial charge in [-0.1, -0.05) is 63.4 Å². The fourth-order valence-electron chi connectivity index (χ4n) is 6.51. The molecule has 2 aliphatic carbocycles. The Kier molecular flexibility index (Phi) is 9.72. The minimum absolute atomic E-state index is 0.116. The Bertz CT molecular complexity index is 987. The van der Waals surface area contributed by atoms with Gasteiger partial charge in [-0.2, -0.15) is 8.78 Å². The van der Waals surface area contributed by atoms with Crippen LogP contribution in [0.3, 0.4) is 0 Å². The number of hydrogen-bond acceptors (Lipinski definition) is 1. The molecule has 0 spiro atoms. The second-order valence-corrected chi connectivity index (χ2v) is 11.3. The topological polar surface area (TPSA) is 9.23 Å². The van der Waals surface area contributed by atoms with Crippen molar-refractivity contribution < 1.29 is 22.3 Å². The molecule has 0 N–H and O–H groups in total. The predicted molar refractivity (Wildman–Crippen MR) is 141 cm³/mol. The van der Waals surface area contributed by atoms with Crippen molar-refractivity contribution in [3.8, 4) is 0 Å². The Hall–Kier alpha value is -1.88. The molecule has 4 rings (SSSR count). The first-order valence-electron chi connectivity index (χ1n) is 14.4. The van der Waals surface area contributed by atoms with Crippen LogP contribution >= 0.6 is 0 Å². The van der Waals surface area contributed by atoms with Crippen LogP contribution in [-0.4, -0.2) is 6.61 Å². The van der Waals surface area contributed by atoms with E-state index in [-0.39, 0.29) is 24.5 Å². The first-order chi connectivity index (χ1) is 17.8. The van der Waals surface area contributed by atoms with Crippen molar-refractivity contribution in [2.75, 3.05) is 6.61 Å². The average molecular weight is 519 g/mol. The van der Waals surface area contributed by atoms with E-state index in [0.29, 0.717) is 11.8 Å². The molecule has 0 amide bonds. The number of halogens is 4. The smallest absolute Gasteiger partial charge is 0.316 e. The Balaban J connectivity index is 1.30. The summed E-state index contributed by atoms with van der Waals surface area (Å²) in [6.07, 6.45) is 8.46. The van der Waals surface area contributed by atoms with Crippen LogP contribution in [0.4, 0.5) is 17.6 Å². The standard InChI is InChI=1S/C32H42F4O/c1-3-5-23-8-12-25(13-9-23)26-14-10-24(11-15-26)20-21-37-32(35,36)29-19-18-28(30(33)31(29)34)27-16-6-22(4-2)7-17-27/h10-11,14-15,18-19,22-23,25,27H,3-9,12-13,16-17,20-21H2,1-2H3. The Labute approximate surface area is 220 Å². The van der Waals surface area contributed by atoms with Crippen molar-refractivity contribution in [3.05, 3.63) is 70.3 Å². The summed E-state index contributed by atoms with van der Waals surface area (Å²) in [4.78, 5) is 0. The molecular formula is C32H42F4O. The lowest BCUT2D eigenvalue weighted by Gasteiger charge is -2.29. The van der Waals surface area contributed by atoms with Gasteiger partial charge in [0.15, 0.2) is 11.6 Å². The second kappa shape index (κ2) is 12.8. The summed E-state index contributed by atoms with van der Waals surface area (Å²) in [6, 6.07) is 10.5. The minimum atomic E-state index is -3.89. The number of hydrogen-bond donors (Lipinski definition) is 0. The molecule has 0 saturated heterocycles. The first kappa shape index (κ1) is 28.1. The van der Waals surface area contributed by atoms with Gasteiger partial charge in [-0.15, -0.1) is 0 Å².